The molecule has 0 radical (unpaired) electrons. The molecule has 2 N–H and O–H groups in total. The van der Waals surface area contributed by atoms with Crippen LogP contribution in [0.5, 0.6) is 0 Å². The first-order valence-corrected chi connectivity index (χ1v) is 6.44. The van der Waals surface area contributed by atoms with Gasteiger partial charge in [0.1, 0.15) is 5.82 Å². The maximum absolute atomic E-state index is 12.7. The van der Waals surface area contributed by atoms with Gasteiger partial charge in [-0.2, -0.15) is 0 Å². The molecule has 1 nitrogen and oxygen atoms in total. The zero-order valence-corrected chi connectivity index (χ0v) is 10.6. The summed E-state index contributed by atoms with van der Waals surface area (Å²) in [5, 5.41) is 0.637. The number of hydrogen-bond acceptors (Lipinski definition) is 2. The number of nitrogen functional groups attached to an aromatic ring is 1. The molecule has 0 aromatic heterocycles. The number of rotatable bonds is 3. The van der Waals surface area contributed by atoms with Crippen LogP contribution in [-0.2, 0) is 5.75 Å². The average Bonchev–Trinajstić information content (AvgIpc) is 2.30. The predicted octanol–water partition coefficient (Wildman–Crippen LogP) is 4.35. The summed E-state index contributed by atoms with van der Waals surface area (Å²) >= 11 is 7.44. The Kier molecular flexibility index (Phi) is 3.92. The maximum atomic E-state index is 12.7. The molecule has 2 aromatic carbocycles. The summed E-state index contributed by atoms with van der Waals surface area (Å²) in [4.78, 5) is 1.01. The van der Waals surface area contributed by atoms with Gasteiger partial charge in [0.15, 0.2) is 0 Å². The molecule has 0 bridgehead atoms. The quantitative estimate of drug-likeness (QED) is 0.661. The first-order chi connectivity index (χ1) is 8.15. The Morgan fingerprint density at radius 2 is 1.82 bits per heavy atom. The van der Waals surface area contributed by atoms with E-state index in [1.807, 2.05) is 12.1 Å². The van der Waals surface area contributed by atoms with Crippen molar-refractivity contribution in [2.24, 2.45) is 0 Å². The third kappa shape index (κ3) is 3.38. The summed E-state index contributed by atoms with van der Waals surface area (Å²) in [6, 6.07) is 11.9. The van der Waals surface area contributed by atoms with E-state index in [2.05, 4.69) is 0 Å². The summed E-state index contributed by atoms with van der Waals surface area (Å²) in [5.41, 5.74) is 7.57. The Hall–Kier alpha value is -1.19. The van der Waals surface area contributed by atoms with Gasteiger partial charge in [0.05, 0.1) is 0 Å². The zero-order valence-electron chi connectivity index (χ0n) is 8.99. The van der Waals surface area contributed by atoms with E-state index in [0.717, 1.165) is 16.2 Å². The maximum Gasteiger partial charge on any atom is 0.123 e. The van der Waals surface area contributed by atoms with Crippen LogP contribution in [0.25, 0.3) is 0 Å². The Balaban J connectivity index is 2.04. The number of thioether (sulfide) groups is 1. The van der Waals surface area contributed by atoms with Gasteiger partial charge < -0.3 is 5.73 Å². The third-order valence-corrected chi connectivity index (χ3v) is 3.61. The lowest BCUT2D eigenvalue weighted by Crippen LogP contribution is -1.92. The molecule has 0 aliphatic heterocycles. The second kappa shape index (κ2) is 5.43. The van der Waals surface area contributed by atoms with E-state index in [9.17, 15) is 4.39 Å². The summed E-state index contributed by atoms with van der Waals surface area (Å²) in [5.74, 6) is 0.523. The molecule has 0 amide bonds. The molecule has 0 heterocycles. The van der Waals surface area contributed by atoms with Crippen molar-refractivity contribution in [3.8, 4) is 0 Å². The second-order valence-corrected chi connectivity index (χ2v) is 5.07. The number of benzene rings is 2. The fourth-order valence-corrected chi connectivity index (χ4v) is 2.48. The molecule has 0 fully saturated rings. The van der Waals surface area contributed by atoms with Crippen molar-refractivity contribution < 1.29 is 4.39 Å². The fourth-order valence-electron chi connectivity index (χ4n) is 1.39. The lowest BCUT2D eigenvalue weighted by molar-refractivity contribution is 0.626. The summed E-state index contributed by atoms with van der Waals surface area (Å²) in [7, 11) is 0. The van der Waals surface area contributed by atoms with Crippen molar-refractivity contribution in [3.05, 3.63) is 58.9 Å². The van der Waals surface area contributed by atoms with E-state index in [1.165, 1.54) is 12.1 Å². The largest absolute Gasteiger partial charge is 0.398 e. The Morgan fingerprint density at radius 3 is 2.47 bits per heavy atom. The lowest BCUT2D eigenvalue weighted by Gasteiger charge is -2.06. The summed E-state index contributed by atoms with van der Waals surface area (Å²) in [6.45, 7) is 0. The topological polar surface area (TPSA) is 26.0 Å². The number of hydrogen-bond donors (Lipinski definition) is 1. The van der Waals surface area contributed by atoms with Gasteiger partial charge >= 0.3 is 0 Å². The van der Waals surface area contributed by atoms with Crippen LogP contribution in [0, 0.1) is 5.82 Å². The molecule has 88 valence electrons. The molecule has 0 spiro atoms. The van der Waals surface area contributed by atoms with Crippen LogP contribution in [0.15, 0.2) is 47.4 Å². The van der Waals surface area contributed by atoms with Gasteiger partial charge in [0.2, 0.25) is 0 Å². The van der Waals surface area contributed by atoms with Gasteiger partial charge in [-0.3, -0.25) is 0 Å². The highest BCUT2D eigenvalue weighted by Crippen LogP contribution is 2.27. The van der Waals surface area contributed by atoms with Crippen LogP contribution in [0.1, 0.15) is 5.56 Å². The number of nitrogens with two attached hydrogens (primary N) is 1. The van der Waals surface area contributed by atoms with Gasteiger partial charge in [-0.1, -0.05) is 17.7 Å². The molecule has 2 aromatic rings. The standard InChI is InChI=1S/C13H11ClFNS/c14-10-2-1-9(13(16)7-10)8-17-12-5-3-11(15)4-6-12/h1-7H,8,16H2. The summed E-state index contributed by atoms with van der Waals surface area (Å²) in [6.07, 6.45) is 0. The SMILES string of the molecule is Nc1cc(Cl)ccc1CSc1ccc(F)cc1. The molecule has 0 saturated carbocycles. The van der Waals surface area contributed by atoms with E-state index in [1.54, 1.807) is 30.0 Å². The van der Waals surface area contributed by atoms with Gasteiger partial charge in [-0.05, 0) is 42.0 Å². The summed E-state index contributed by atoms with van der Waals surface area (Å²) < 4.78 is 12.7. The van der Waals surface area contributed by atoms with Crippen LogP contribution in [0.2, 0.25) is 5.02 Å². The van der Waals surface area contributed by atoms with Gasteiger partial charge in [0, 0.05) is 21.4 Å². The van der Waals surface area contributed by atoms with Crippen molar-refractivity contribution in [3.63, 3.8) is 0 Å². The minimum absolute atomic E-state index is 0.222. The van der Waals surface area contributed by atoms with Gasteiger partial charge in [-0.15, -0.1) is 11.8 Å². The third-order valence-electron chi connectivity index (χ3n) is 2.32. The smallest absolute Gasteiger partial charge is 0.123 e. The Bertz CT molecular complexity index is 513. The predicted molar refractivity (Wildman–Crippen MR) is 71.8 cm³/mol. The van der Waals surface area contributed by atoms with Crippen molar-refractivity contribution in [2.45, 2.75) is 10.6 Å². The highest BCUT2D eigenvalue weighted by Gasteiger charge is 2.01. The van der Waals surface area contributed by atoms with Gasteiger partial charge in [0.25, 0.3) is 0 Å². The van der Waals surface area contributed by atoms with Crippen LogP contribution < -0.4 is 5.73 Å². The lowest BCUT2D eigenvalue weighted by atomic mass is 10.2. The van der Waals surface area contributed by atoms with Crippen LogP contribution >= 0.6 is 23.4 Å². The van der Waals surface area contributed by atoms with Crippen LogP contribution in [0.3, 0.4) is 0 Å². The molecule has 4 heteroatoms. The van der Waals surface area contributed by atoms with Gasteiger partial charge in [-0.25, -0.2) is 4.39 Å². The molecule has 0 aliphatic rings. The molecule has 0 saturated heterocycles. The zero-order chi connectivity index (χ0) is 12.3. The molecule has 0 atom stereocenters. The van der Waals surface area contributed by atoms with Crippen molar-refractivity contribution in [1.29, 1.82) is 0 Å². The monoisotopic (exact) mass is 267 g/mol. The Morgan fingerprint density at radius 1 is 1.12 bits per heavy atom. The van der Waals surface area contributed by atoms with Crippen LogP contribution in [0.4, 0.5) is 10.1 Å². The first kappa shape index (κ1) is 12.3. The highest BCUT2D eigenvalue weighted by atomic mass is 35.5. The molecular formula is C13H11ClFNS. The second-order valence-electron chi connectivity index (χ2n) is 3.59. The van der Waals surface area contributed by atoms with E-state index < -0.39 is 0 Å². The van der Waals surface area contributed by atoms with Crippen molar-refractivity contribution in [2.75, 3.05) is 5.73 Å². The fraction of sp³-hybridized carbons (Fsp3) is 0.0769. The van der Waals surface area contributed by atoms with E-state index in [-0.39, 0.29) is 5.82 Å². The van der Waals surface area contributed by atoms with E-state index >= 15 is 0 Å². The normalized spacial score (nSPS) is 10.5. The van der Waals surface area contributed by atoms with E-state index in [0.29, 0.717) is 10.7 Å². The van der Waals surface area contributed by atoms with E-state index in [4.69, 9.17) is 17.3 Å². The number of halogens is 2. The van der Waals surface area contributed by atoms with Crippen LogP contribution in [-0.4, -0.2) is 0 Å². The molecule has 2 rings (SSSR count). The minimum Gasteiger partial charge on any atom is -0.398 e. The molecule has 0 aliphatic carbocycles. The molecule has 0 unspecified atom stereocenters. The minimum atomic E-state index is -0.222. The number of anilines is 1. The first-order valence-electron chi connectivity index (χ1n) is 5.07. The average molecular weight is 268 g/mol. The van der Waals surface area contributed by atoms with Crippen molar-refractivity contribution in [1.82, 2.24) is 0 Å². The Labute approximate surface area is 109 Å². The highest BCUT2D eigenvalue weighted by molar-refractivity contribution is 7.98. The van der Waals surface area contributed by atoms with Crippen molar-refractivity contribution >= 4 is 29.1 Å². The molecule has 17 heavy (non-hydrogen) atoms. The molecular weight excluding hydrogens is 257 g/mol.